The topological polar surface area (TPSA) is 101 Å². The monoisotopic (exact) mass is 459 g/mol. The van der Waals surface area contributed by atoms with Gasteiger partial charge in [0.25, 0.3) is 11.1 Å². The maximum Gasteiger partial charge on any atom is 0.283 e. The van der Waals surface area contributed by atoms with Crippen LogP contribution in [0.5, 0.6) is 0 Å². The zero-order chi connectivity index (χ0) is 22.5. The maximum atomic E-state index is 13.8. The summed E-state index contributed by atoms with van der Waals surface area (Å²) in [6, 6.07) is 12.8. The normalized spacial score (nSPS) is 11.7. The standard InChI is InChI=1S/C23H17N5O4S/c1-14-21-18(9-20(29)26(14)11-16-5-4-8-32-16)27(10-15-12-31-13-24-15)28(22(21)30)23-25-17-6-2-3-7-19(17)33-23/h2-9,12-13H,10-11H2,1H3. The number of aromatic nitrogens is 5. The first-order valence-electron chi connectivity index (χ1n) is 10.2. The van der Waals surface area contributed by atoms with Crippen LogP contribution in [0.25, 0.3) is 26.3 Å². The van der Waals surface area contributed by atoms with Crippen molar-refractivity contribution in [2.24, 2.45) is 0 Å². The smallest absolute Gasteiger partial charge is 0.283 e. The lowest BCUT2D eigenvalue weighted by Gasteiger charge is -2.11. The lowest BCUT2D eigenvalue weighted by molar-refractivity contribution is 0.487. The van der Waals surface area contributed by atoms with Gasteiger partial charge in [-0.05, 0) is 31.2 Å². The van der Waals surface area contributed by atoms with Crippen molar-refractivity contribution in [2.75, 3.05) is 0 Å². The Morgan fingerprint density at radius 3 is 2.73 bits per heavy atom. The number of aryl methyl sites for hydroxylation is 1. The highest BCUT2D eigenvalue weighted by Gasteiger charge is 2.22. The Balaban J connectivity index is 1.64. The first-order valence-corrected chi connectivity index (χ1v) is 11.0. The molecule has 0 saturated carbocycles. The number of fused-ring (bicyclic) bond motifs is 2. The van der Waals surface area contributed by atoms with Gasteiger partial charge in [0.2, 0.25) is 5.13 Å². The van der Waals surface area contributed by atoms with Gasteiger partial charge in [-0.2, -0.15) is 4.68 Å². The molecule has 0 aliphatic rings. The number of nitrogens with zero attached hydrogens (tertiary/aromatic N) is 5. The van der Waals surface area contributed by atoms with Gasteiger partial charge in [-0.25, -0.2) is 9.97 Å². The van der Waals surface area contributed by atoms with Gasteiger partial charge in [0, 0.05) is 11.8 Å². The van der Waals surface area contributed by atoms with Crippen LogP contribution in [0.3, 0.4) is 0 Å². The second-order valence-electron chi connectivity index (χ2n) is 7.61. The number of hydrogen-bond donors (Lipinski definition) is 0. The van der Waals surface area contributed by atoms with Gasteiger partial charge in [0.1, 0.15) is 17.7 Å². The molecule has 0 spiro atoms. The highest BCUT2D eigenvalue weighted by atomic mass is 32.1. The van der Waals surface area contributed by atoms with Crippen LogP contribution in [0.1, 0.15) is 17.1 Å². The van der Waals surface area contributed by atoms with Gasteiger partial charge in [0.15, 0.2) is 6.39 Å². The molecular weight excluding hydrogens is 442 g/mol. The van der Waals surface area contributed by atoms with E-state index in [1.54, 1.807) is 34.6 Å². The van der Waals surface area contributed by atoms with Crippen molar-refractivity contribution in [2.45, 2.75) is 20.0 Å². The van der Waals surface area contributed by atoms with E-state index in [1.807, 2.05) is 24.3 Å². The van der Waals surface area contributed by atoms with E-state index in [9.17, 15) is 9.59 Å². The number of pyridine rings is 1. The number of thiazole rings is 1. The fourth-order valence-corrected chi connectivity index (χ4v) is 5.04. The third-order valence-electron chi connectivity index (χ3n) is 5.63. The summed E-state index contributed by atoms with van der Waals surface area (Å²) in [5.41, 5.74) is 2.02. The largest absolute Gasteiger partial charge is 0.467 e. The highest BCUT2D eigenvalue weighted by Crippen LogP contribution is 2.26. The van der Waals surface area contributed by atoms with Crippen molar-refractivity contribution in [3.63, 3.8) is 0 Å². The van der Waals surface area contributed by atoms with Crippen molar-refractivity contribution >= 4 is 32.5 Å². The molecule has 0 aliphatic heterocycles. The predicted molar refractivity (Wildman–Crippen MR) is 123 cm³/mol. The van der Waals surface area contributed by atoms with E-state index in [1.165, 1.54) is 34.7 Å². The summed E-state index contributed by atoms with van der Waals surface area (Å²) in [6.45, 7) is 2.26. The van der Waals surface area contributed by atoms with Crippen LogP contribution in [0.2, 0.25) is 0 Å². The summed E-state index contributed by atoms with van der Waals surface area (Å²) in [4.78, 5) is 35.7. The van der Waals surface area contributed by atoms with Crippen LogP contribution in [0, 0.1) is 6.92 Å². The minimum atomic E-state index is -0.252. The highest BCUT2D eigenvalue weighted by molar-refractivity contribution is 7.20. The summed E-state index contributed by atoms with van der Waals surface area (Å²) in [6.07, 6.45) is 4.41. The van der Waals surface area contributed by atoms with Crippen molar-refractivity contribution < 1.29 is 8.83 Å². The average Bonchev–Trinajstić information content (AvgIpc) is 3.59. The SMILES string of the molecule is Cc1c2c(=O)n(-c3nc4ccccc4s3)n(Cc3cocn3)c2cc(=O)n1Cc1ccco1. The molecule has 0 radical (unpaired) electrons. The average molecular weight is 459 g/mol. The minimum Gasteiger partial charge on any atom is -0.467 e. The van der Waals surface area contributed by atoms with Gasteiger partial charge in [-0.3, -0.25) is 14.3 Å². The molecule has 164 valence electrons. The Kier molecular flexibility index (Phi) is 4.40. The first kappa shape index (κ1) is 19.5. The molecule has 6 rings (SSSR count). The van der Waals surface area contributed by atoms with Crippen molar-refractivity contribution in [3.05, 3.63) is 99.2 Å². The zero-order valence-corrected chi connectivity index (χ0v) is 18.3. The van der Waals surface area contributed by atoms with Gasteiger partial charge in [-0.15, -0.1) is 0 Å². The molecule has 0 bridgehead atoms. The van der Waals surface area contributed by atoms with Crippen LogP contribution >= 0.6 is 11.3 Å². The maximum absolute atomic E-state index is 13.8. The predicted octanol–water partition coefficient (Wildman–Crippen LogP) is 3.55. The second-order valence-corrected chi connectivity index (χ2v) is 8.62. The Labute approximate surface area is 189 Å². The summed E-state index contributed by atoms with van der Waals surface area (Å²) in [5, 5.41) is 0.967. The van der Waals surface area contributed by atoms with Crippen molar-refractivity contribution in [1.29, 1.82) is 0 Å². The molecule has 0 atom stereocenters. The lowest BCUT2D eigenvalue weighted by Crippen LogP contribution is -2.23. The van der Waals surface area contributed by atoms with E-state index >= 15 is 0 Å². The molecule has 1 aromatic carbocycles. The molecule has 0 aliphatic carbocycles. The van der Waals surface area contributed by atoms with Crippen LogP contribution in [-0.4, -0.2) is 23.9 Å². The van der Waals surface area contributed by atoms with E-state index in [0.717, 1.165) is 10.2 Å². The number of para-hydroxylation sites is 1. The van der Waals surface area contributed by atoms with E-state index in [-0.39, 0.29) is 24.2 Å². The Hall–Kier alpha value is -4.18. The quantitative estimate of drug-likeness (QED) is 0.391. The fourth-order valence-electron chi connectivity index (χ4n) is 4.06. The molecule has 0 saturated heterocycles. The minimum absolute atomic E-state index is 0.230. The molecule has 0 N–H and O–H groups in total. The molecule has 9 nitrogen and oxygen atoms in total. The van der Waals surface area contributed by atoms with Crippen molar-refractivity contribution in [3.8, 4) is 5.13 Å². The van der Waals surface area contributed by atoms with E-state index in [0.29, 0.717) is 33.2 Å². The molecule has 5 heterocycles. The number of hydrogen-bond acceptors (Lipinski definition) is 7. The first-order chi connectivity index (χ1) is 16.1. The molecule has 0 fully saturated rings. The second kappa shape index (κ2) is 7.45. The number of rotatable bonds is 5. The van der Waals surface area contributed by atoms with Gasteiger partial charge in [0.05, 0.1) is 40.5 Å². The van der Waals surface area contributed by atoms with E-state index in [4.69, 9.17) is 8.83 Å². The summed E-state index contributed by atoms with van der Waals surface area (Å²) in [5.74, 6) is 0.632. The molecule has 6 aromatic rings. The van der Waals surface area contributed by atoms with Crippen LogP contribution < -0.4 is 11.1 Å². The summed E-state index contributed by atoms with van der Waals surface area (Å²) >= 11 is 1.41. The van der Waals surface area contributed by atoms with Crippen LogP contribution in [0.4, 0.5) is 0 Å². The molecule has 33 heavy (non-hydrogen) atoms. The number of furan rings is 1. The third-order valence-corrected chi connectivity index (χ3v) is 6.64. The third kappa shape index (κ3) is 3.14. The van der Waals surface area contributed by atoms with Gasteiger partial charge >= 0.3 is 0 Å². The lowest BCUT2D eigenvalue weighted by atomic mass is 10.2. The van der Waals surface area contributed by atoms with Crippen LogP contribution in [-0.2, 0) is 13.1 Å². The van der Waals surface area contributed by atoms with E-state index in [2.05, 4.69) is 9.97 Å². The van der Waals surface area contributed by atoms with Gasteiger partial charge in [-0.1, -0.05) is 23.5 Å². The number of benzene rings is 1. The molecule has 0 amide bonds. The molecule has 0 unspecified atom stereocenters. The van der Waals surface area contributed by atoms with Gasteiger partial charge < -0.3 is 13.4 Å². The Morgan fingerprint density at radius 1 is 1.09 bits per heavy atom. The molecular formula is C23H17N5O4S. The molecule has 5 aromatic heterocycles. The van der Waals surface area contributed by atoms with Crippen molar-refractivity contribution in [1.82, 2.24) is 23.9 Å². The summed E-state index contributed by atoms with van der Waals surface area (Å²) in [7, 11) is 0. The Bertz CT molecular complexity index is 1690. The fraction of sp³-hybridized carbons (Fsp3) is 0.130. The Morgan fingerprint density at radius 2 is 1.97 bits per heavy atom. The van der Waals surface area contributed by atoms with E-state index < -0.39 is 0 Å². The zero-order valence-electron chi connectivity index (χ0n) is 17.5. The summed E-state index contributed by atoms with van der Waals surface area (Å²) < 4.78 is 16.3. The number of oxazole rings is 1. The molecule has 10 heteroatoms. The van der Waals surface area contributed by atoms with Crippen LogP contribution in [0.15, 0.2) is 79.8 Å².